The first-order valence-electron chi connectivity index (χ1n) is 7.41. The van der Waals surface area contributed by atoms with Crippen LogP contribution in [0, 0.1) is 0 Å². The van der Waals surface area contributed by atoms with Crippen LogP contribution in [0.2, 0.25) is 0 Å². The minimum absolute atomic E-state index is 0.105. The van der Waals surface area contributed by atoms with Gasteiger partial charge in [-0.15, -0.1) is 0 Å². The molecule has 0 amide bonds. The molecule has 0 aliphatic carbocycles. The van der Waals surface area contributed by atoms with Crippen molar-refractivity contribution in [2.45, 2.75) is 78.2 Å². The van der Waals surface area contributed by atoms with E-state index < -0.39 is 0 Å². The van der Waals surface area contributed by atoms with Crippen LogP contribution in [0.5, 0.6) is 0 Å². The van der Waals surface area contributed by atoms with E-state index in [1.54, 1.807) is 13.8 Å². The van der Waals surface area contributed by atoms with Crippen LogP contribution in [-0.2, 0) is 19.1 Å². The van der Waals surface area contributed by atoms with Crippen LogP contribution < -0.4 is 0 Å². The highest BCUT2D eigenvalue weighted by Gasteiger charge is 2.10. The zero-order valence-corrected chi connectivity index (χ0v) is 12.6. The lowest BCUT2D eigenvalue weighted by molar-refractivity contribution is -0.152. The molecule has 112 valence electrons. The molecule has 0 aromatic rings. The molecule has 0 radical (unpaired) electrons. The molecule has 19 heavy (non-hydrogen) atoms. The predicted octanol–water partition coefficient (Wildman–Crippen LogP) is 3.62. The molecule has 0 aliphatic heterocycles. The fourth-order valence-corrected chi connectivity index (χ4v) is 1.67. The van der Waals surface area contributed by atoms with Crippen molar-refractivity contribution < 1.29 is 19.1 Å². The topological polar surface area (TPSA) is 52.6 Å². The summed E-state index contributed by atoms with van der Waals surface area (Å²) in [7, 11) is 0. The number of hydrogen-bond acceptors (Lipinski definition) is 4. The molecule has 4 heteroatoms. The van der Waals surface area contributed by atoms with E-state index >= 15 is 0 Å². The fraction of sp³-hybridized carbons (Fsp3) is 0.867. The van der Waals surface area contributed by atoms with Crippen LogP contribution in [0.1, 0.15) is 72.1 Å². The van der Waals surface area contributed by atoms with Crippen LogP contribution in [0.3, 0.4) is 0 Å². The summed E-state index contributed by atoms with van der Waals surface area (Å²) in [5.74, 6) is -0.652. The zero-order valence-electron chi connectivity index (χ0n) is 12.6. The highest BCUT2D eigenvalue weighted by atomic mass is 16.5. The minimum Gasteiger partial charge on any atom is -0.466 e. The second kappa shape index (κ2) is 12.0. The molecule has 0 bridgehead atoms. The molecule has 0 rings (SSSR count). The van der Waals surface area contributed by atoms with Gasteiger partial charge in [0.25, 0.3) is 0 Å². The molecule has 0 saturated carbocycles. The third-order valence-corrected chi connectivity index (χ3v) is 2.66. The number of unbranched alkanes of at least 4 members (excludes halogenated alkanes) is 5. The third kappa shape index (κ3) is 13.2. The number of ether oxygens (including phenoxy) is 2. The van der Waals surface area contributed by atoms with Gasteiger partial charge in [-0.25, -0.2) is 0 Å². The minimum atomic E-state index is -0.341. The van der Waals surface area contributed by atoms with Crippen molar-refractivity contribution in [3.63, 3.8) is 0 Å². The molecular formula is C15H28O4. The molecule has 0 aromatic carbocycles. The lowest BCUT2D eigenvalue weighted by Gasteiger charge is -2.07. The second-order valence-corrected chi connectivity index (χ2v) is 5.03. The summed E-state index contributed by atoms with van der Waals surface area (Å²) < 4.78 is 9.99. The first-order chi connectivity index (χ1) is 9.06. The summed E-state index contributed by atoms with van der Waals surface area (Å²) in [5, 5.41) is 0. The Bertz CT molecular complexity index is 249. The van der Waals surface area contributed by atoms with E-state index in [9.17, 15) is 9.59 Å². The van der Waals surface area contributed by atoms with E-state index in [0.29, 0.717) is 6.61 Å². The van der Waals surface area contributed by atoms with Gasteiger partial charge >= 0.3 is 11.9 Å². The van der Waals surface area contributed by atoms with Crippen LogP contribution in [0.4, 0.5) is 0 Å². The lowest BCUT2D eigenvalue weighted by atomic mass is 10.1. The van der Waals surface area contributed by atoms with E-state index in [1.807, 2.05) is 0 Å². The monoisotopic (exact) mass is 272 g/mol. The van der Waals surface area contributed by atoms with Crippen molar-refractivity contribution in [3.8, 4) is 0 Å². The first kappa shape index (κ1) is 17.9. The standard InChI is InChI=1S/C15H28O4/c1-4-5-6-7-8-9-12-18-14(16)10-11-15(17)19-13(2)3/h13H,4-12H2,1-3H3. The van der Waals surface area contributed by atoms with E-state index in [-0.39, 0.29) is 30.9 Å². The molecule has 0 spiro atoms. The van der Waals surface area contributed by atoms with Gasteiger partial charge in [0.2, 0.25) is 0 Å². The average molecular weight is 272 g/mol. The van der Waals surface area contributed by atoms with Gasteiger partial charge in [-0.05, 0) is 20.3 Å². The van der Waals surface area contributed by atoms with E-state index in [4.69, 9.17) is 9.47 Å². The van der Waals surface area contributed by atoms with Crippen molar-refractivity contribution in [1.82, 2.24) is 0 Å². The summed E-state index contributed by atoms with van der Waals surface area (Å²) in [6, 6.07) is 0. The average Bonchev–Trinajstić information content (AvgIpc) is 2.34. The van der Waals surface area contributed by atoms with Crippen molar-refractivity contribution in [2.75, 3.05) is 6.61 Å². The maximum atomic E-state index is 11.3. The Morgan fingerprint density at radius 1 is 0.895 bits per heavy atom. The van der Waals surface area contributed by atoms with E-state index in [0.717, 1.165) is 12.8 Å². The van der Waals surface area contributed by atoms with Crippen LogP contribution in [0.25, 0.3) is 0 Å². The quantitative estimate of drug-likeness (QED) is 0.426. The van der Waals surface area contributed by atoms with Crippen LogP contribution >= 0.6 is 0 Å². The predicted molar refractivity (Wildman–Crippen MR) is 74.8 cm³/mol. The summed E-state index contributed by atoms with van der Waals surface area (Å²) >= 11 is 0. The number of rotatable bonds is 11. The summed E-state index contributed by atoms with van der Waals surface area (Å²) in [4.78, 5) is 22.5. The van der Waals surface area contributed by atoms with Crippen molar-refractivity contribution in [3.05, 3.63) is 0 Å². The second-order valence-electron chi connectivity index (χ2n) is 5.03. The Morgan fingerprint density at radius 3 is 2.11 bits per heavy atom. The Morgan fingerprint density at radius 2 is 1.47 bits per heavy atom. The first-order valence-corrected chi connectivity index (χ1v) is 7.41. The number of esters is 2. The lowest BCUT2D eigenvalue weighted by Crippen LogP contribution is -2.14. The Labute approximate surface area is 116 Å². The van der Waals surface area contributed by atoms with Gasteiger partial charge in [0.05, 0.1) is 25.6 Å². The smallest absolute Gasteiger partial charge is 0.306 e. The molecule has 0 aromatic heterocycles. The summed E-state index contributed by atoms with van der Waals surface area (Å²) in [6.07, 6.45) is 7.06. The van der Waals surface area contributed by atoms with Crippen LogP contribution in [-0.4, -0.2) is 24.6 Å². The van der Waals surface area contributed by atoms with Gasteiger partial charge in [-0.1, -0.05) is 39.0 Å². The molecule has 0 N–H and O–H groups in total. The van der Waals surface area contributed by atoms with Gasteiger partial charge in [-0.2, -0.15) is 0 Å². The largest absolute Gasteiger partial charge is 0.466 e. The summed E-state index contributed by atoms with van der Waals surface area (Å²) in [6.45, 7) is 6.22. The van der Waals surface area contributed by atoms with E-state index in [1.165, 1.54) is 25.7 Å². The molecular weight excluding hydrogens is 244 g/mol. The van der Waals surface area contributed by atoms with Gasteiger partial charge in [0.15, 0.2) is 0 Å². The highest BCUT2D eigenvalue weighted by molar-refractivity contribution is 5.77. The number of carbonyl (C=O) groups is 2. The molecule has 4 nitrogen and oxygen atoms in total. The maximum Gasteiger partial charge on any atom is 0.306 e. The van der Waals surface area contributed by atoms with Gasteiger partial charge in [0, 0.05) is 0 Å². The SMILES string of the molecule is CCCCCCCCOC(=O)CCC(=O)OC(C)C. The Kier molecular flexibility index (Phi) is 11.3. The van der Waals surface area contributed by atoms with E-state index in [2.05, 4.69) is 6.92 Å². The van der Waals surface area contributed by atoms with Crippen molar-refractivity contribution in [2.24, 2.45) is 0 Å². The molecule has 0 unspecified atom stereocenters. The van der Waals surface area contributed by atoms with Crippen LogP contribution in [0.15, 0.2) is 0 Å². The summed E-state index contributed by atoms with van der Waals surface area (Å²) in [5.41, 5.74) is 0. The van der Waals surface area contributed by atoms with Gasteiger partial charge in [-0.3, -0.25) is 9.59 Å². The normalized spacial score (nSPS) is 10.5. The fourth-order valence-electron chi connectivity index (χ4n) is 1.67. The van der Waals surface area contributed by atoms with Crippen molar-refractivity contribution in [1.29, 1.82) is 0 Å². The Hall–Kier alpha value is -1.06. The molecule has 0 saturated heterocycles. The molecule has 0 aliphatic rings. The molecule has 0 fully saturated rings. The molecule has 0 atom stereocenters. The highest BCUT2D eigenvalue weighted by Crippen LogP contribution is 2.05. The van der Waals surface area contributed by atoms with Crippen molar-refractivity contribution >= 4 is 11.9 Å². The number of carbonyl (C=O) groups excluding carboxylic acids is 2. The molecule has 0 heterocycles. The number of hydrogen-bond donors (Lipinski definition) is 0. The van der Waals surface area contributed by atoms with Gasteiger partial charge < -0.3 is 9.47 Å². The zero-order chi connectivity index (χ0) is 14.5. The maximum absolute atomic E-state index is 11.3. The Balaban J connectivity index is 3.37. The third-order valence-electron chi connectivity index (χ3n) is 2.66. The van der Waals surface area contributed by atoms with Gasteiger partial charge in [0.1, 0.15) is 0 Å².